The SMILES string of the molecule is CCN(C(=O)COc1ccc(C(=O)c2ccc(F)cc2)cc1)C1CCS(=O)(=O)C1. The van der Waals surface area contributed by atoms with E-state index in [1.807, 2.05) is 0 Å². The highest BCUT2D eigenvalue weighted by Crippen LogP contribution is 2.19. The van der Waals surface area contributed by atoms with E-state index in [-0.39, 0.29) is 35.8 Å². The molecule has 29 heavy (non-hydrogen) atoms. The fourth-order valence-electron chi connectivity index (χ4n) is 3.36. The largest absolute Gasteiger partial charge is 0.484 e. The van der Waals surface area contributed by atoms with E-state index >= 15 is 0 Å². The van der Waals surface area contributed by atoms with E-state index in [0.29, 0.717) is 29.8 Å². The topological polar surface area (TPSA) is 80.8 Å². The Kier molecular flexibility index (Phi) is 6.32. The molecule has 0 saturated carbocycles. The van der Waals surface area contributed by atoms with Crippen molar-refractivity contribution in [1.82, 2.24) is 4.90 Å². The molecule has 1 unspecified atom stereocenters. The normalized spacial score (nSPS) is 17.7. The number of ketones is 1. The molecule has 2 aromatic rings. The third-order valence-corrected chi connectivity index (χ3v) is 6.65. The number of amides is 1. The summed E-state index contributed by atoms with van der Waals surface area (Å²) in [4.78, 5) is 26.4. The standard InChI is InChI=1S/C21H22FNO5S/c1-2-23(18-11-12-29(26,27)14-18)20(24)13-28-19-9-5-16(6-10-19)21(25)15-3-7-17(22)8-4-15/h3-10,18H,2,11-14H2,1H3. The molecule has 154 valence electrons. The maximum absolute atomic E-state index is 13.0. The highest BCUT2D eigenvalue weighted by atomic mass is 32.2. The number of sulfone groups is 1. The average Bonchev–Trinajstić information content (AvgIpc) is 3.06. The van der Waals surface area contributed by atoms with Crippen molar-refractivity contribution in [3.05, 3.63) is 65.5 Å². The lowest BCUT2D eigenvalue weighted by Crippen LogP contribution is -2.43. The molecule has 1 aliphatic rings. The van der Waals surface area contributed by atoms with E-state index in [9.17, 15) is 22.4 Å². The fourth-order valence-corrected chi connectivity index (χ4v) is 5.09. The van der Waals surface area contributed by atoms with Gasteiger partial charge in [-0.1, -0.05) is 0 Å². The Bertz CT molecular complexity index is 987. The number of halogens is 1. The number of hydrogen-bond donors (Lipinski definition) is 0. The van der Waals surface area contributed by atoms with E-state index < -0.39 is 15.7 Å². The van der Waals surface area contributed by atoms with Gasteiger partial charge in [0, 0.05) is 23.7 Å². The quantitative estimate of drug-likeness (QED) is 0.644. The first kappa shape index (κ1) is 21.0. The summed E-state index contributed by atoms with van der Waals surface area (Å²) in [6.07, 6.45) is 0.447. The second-order valence-corrected chi connectivity index (χ2v) is 9.11. The van der Waals surface area contributed by atoms with Crippen LogP contribution in [0.4, 0.5) is 4.39 Å². The number of ether oxygens (including phenoxy) is 1. The van der Waals surface area contributed by atoms with Crippen LogP contribution in [-0.4, -0.2) is 55.7 Å². The molecule has 0 aromatic heterocycles. The summed E-state index contributed by atoms with van der Waals surface area (Å²) in [7, 11) is -3.08. The van der Waals surface area contributed by atoms with Gasteiger partial charge in [-0.3, -0.25) is 9.59 Å². The second-order valence-electron chi connectivity index (χ2n) is 6.89. The molecule has 1 saturated heterocycles. The number of hydrogen-bond acceptors (Lipinski definition) is 5. The second kappa shape index (κ2) is 8.73. The monoisotopic (exact) mass is 419 g/mol. The smallest absolute Gasteiger partial charge is 0.260 e. The summed E-state index contributed by atoms with van der Waals surface area (Å²) in [5.74, 6) is -0.415. The van der Waals surface area contributed by atoms with Gasteiger partial charge in [-0.05, 0) is 61.9 Å². The van der Waals surface area contributed by atoms with Gasteiger partial charge in [0.1, 0.15) is 11.6 Å². The third kappa shape index (κ3) is 5.20. The summed E-state index contributed by atoms with van der Waals surface area (Å²) in [6.45, 7) is 2.00. The van der Waals surface area contributed by atoms with Gasteiger partial charge in [0.05, 0.1) is 11.5 Å². The molecular weight excluding hydrogens is 397 g/mol. The zero-order chi connectivity index (χ0) is 21.0. The maximum Gasteiger partial charge on any atom is 0.260 e. The van der Waals surface area contributed by atoms with Gasteiger partial charge in [-0.25, -0.2) is 12.8 Å². The molecule has 2 aromatic carbocycles. The van der Waals surface area contributed by atoms with Crippen LogP contribution in [0.3, 0.4) is 0 Å². The average molecular weight is 419 g/mol. The summed E-state index contributed by atoms with van der Waals surface area (Å²) >= 11 is 0. The molecule has 0 aliphatic carbocycles. The zero-order valence-electron chi connectivity index (χ0n) is 16.0. The molecule has 8 heteroatoms. The van der Waals surface area contributed by atoms with Crippen LogP contribution >= 0.6 is 0 Å². The van der Waals surface area contributed by atoms with Gasteiger partial charge < -0.3 is 9.64 Å². The number of likely N-dealkylation sites (N-methyl/N-ethyl adjacent to an activating group) is 1. The van der Waals surface area contributed by atoms with Crippen LogP contribution in [0.15, 0.2) is 48.5 Å². The van der Waals surface area contributed by atoms with Crippen LogP contribution in [0.2, 0.25) is 0 Å². The number of carbonyl (C=O) groups excluding carboxylic acids is 2. The lowest BCUT2D eigenvalue weighted by molar-refractivity contribution is -0.135. The van der Waals surface area contributed by atoms with Crippen molar-refractivity contribution >= 4 is 21.5 Å². The number of nitrogens with zero attached hydrogens (tertiary/aromatic N) is 1. The number of rotatable bonds is 7. The zero-order valence-corrected chi connectivity index (χ0v) is 16.8. The van der Waals surface area contributed by atoms with Crippen molar-refractivity contribution in [1.29, 1.82) is 0 Å². The Labute approximate surface area is 169 Å². The minimum Gasteiger partial charge on any atom is -0.484 e. The van der Waals surface area contributed by atoms with Crippen LogP contribution in [0, 0.1) is 5.82 Å². The third-order valence-electron chi connectivity index (χ3n) is 4.90. The number of benzene rings is 2. The predicted molar refractivity (Wildman–Crippen MR) is 106 cm³/mol. The molecule has 6 nitrogen and oxygen atoms in total. The Morgan fingerprint density at radius 3 is 2.17 bits per heavy atom. The highest BCUT2D eigenvalue weighted by Gasteiger charge is 2.33. The van der Waals surface area contributed by atoms with E-state index in [2.05, 4.69) is 0 Å². The highest BCUT2D eigenvalue weighted by molar-refractivity contribution is 7.91. The van der Waals surface area contributed by atoms with Crippen LogP contribution < -0.4 is 4.74 Å². The van der Waals surface area contributed by atoms with Crippen LogP contribution in [0.5, 0.6) is 5.75 Å². The molecule has 1 fully saturated rings. The predicted octanol–water partition coefficient (Wildman–Crippen LogP) is 2.47. The van der Waals surface area contributed by atoms with Crippen LogP contribution in [0.25, 0.3) is 0 Å². The minimum atomic E-state index is -3.08. The summed E-state index contributed by atoms with van der Waals surface area (Å²) in [5.41, 5.74) is 0.794. The van der Waals surface area contributed by atoms with Crippen molar-refractivity contribution in [3.63, 3.8) is 0 Å². The Morgan fingerprint density at radius 2 is 1.66 bits per heavy atom. The molecule has 1 aliphatic heterocycles. The van der Waals surface area contributed by atoms with E-state index in [4.69, 9.17) is 4.74 Å². The molecular formula is C21H22FNO5S. The Balaban J connectivity index is 1.59. The molecule has 0 spiro atoms. The molecule has 1 atom stereocenters. The van der Waals surface area contributed by atoms with E-state index in [1.165, 1.54) is 29.2 Å². The molecule has 3 rings (SSSR count). The molecule has 1 heterocycles. The Hall–Kier alpha value is -2.74. The first-order valence-corrected chi connectivity index (χ1v) is 11.1. The molecule has 0 N–H and O–H groups in total. The summed E-state index contributed by atoms with van der Waals surface area (Å²) in [5, 5.41) is 0. The van der Waals surface area contributed by atoms with Crippen LogP contribution in [-0.2, 0) is 14.6 Å². The van der Waals surface area contributed by atoms with Gasteiger partial charge in [0.2, 0.25) is 0 Å². The van der Waals surface area contributed by atoms with Crippen molar-refractivity contribution in [3.8, 4) is 5.75 Å². The first-order valence-electron chi connectivity index (χ1n) is 9.32. The molecule has 0 radical (unpaired) electrons. The van der Waals surface area contributed by atoms with Gasteiger partial charge in [-0.15, -0.1) is 0 Å². The van der Waals surface area contributed by atoms with Crippen molar-refractivity contribution in [2.45, 2.75) is 19.4 Å². The minimum absolute atomic E-state index is 0.00717. The number of carbonyl (C=O) groups is 2. The van der Waals surface area contributed by atoms with Gasteiger partial charge in [0.15, 0.2) is 22.2 Å². The van der Waals surface area contributed by atoms with Crippen molar-refractivity contribution < 1.29 is 27.1 Å². The van der Waals surface area contributed by atoms with E-state index in [1.54, 1.807) is 31.2 Å². The van der Waals surface area contributed by atoms with Crippen molar-refractivity contribution in [2.75, 3.05) is 24.7 Å². The first-order chi connectivity index (χ1) is 13.8. The molecule has 1 amide bonds. The van der Waals surface area contributed by atoms with Crippen molar-refractivity contribution in [2.24, 2.45) is 0 Å². The lowest BCUT2D eigenvalue weighted by Gasteiger charge is -2.26. The maximum atomic E-state index is 13.0. The van der Waals surface area contributed by atoms with Gasteiger partial charge in [0.25, 0.3) is 5.91 Å². The fraction of sp³-hybridized carbons (Fsp3) is 0.333. The summed E-state index contributed by atoms with van der Waals surface area (Å²) < 4.78 is 41.8. The van der Waals surface area contributed by atoms with E-state index in [0.717, 1.165) is 0 Å². The Morgan fingerprint density at radius 1 is 1.07 bits per heavy atom. The van der Waals surface area contributed by atoms with Gasteiger partial charge in [-0.2, -0.15) is 0 Å². The summed E-state index contributed by atoms with van der Waals surface area (Å²) in [6, 6.07) is 11.3. The molecule has 0 bridgehead atoms. The van der Waals surface area contributed by atoms with Crippen LogP contribution in [0.1, 0.15) is 29.3 Å². The lowest BCUT2D eigenvalue weighted by atomic mass is 10.0. The van der Waals surface area contributed by atoms with Gasteiger partial charge >= 0.3 is 0 Å².